The van der Waals surface area contributed by atoms with Gasteiger partial charge in [-0.15, -0.1) is 12.4 Å². The van der Waals surface area contributed by atoms with Crippen LogP contribution in [-0.4, -0.2) is 50.1 Å². The summed E-state index contributed by atoms with van der Waals surface area (Å²) in [5.41, 5.74) is 6.11. The second kappa shape index (κ2) is 11.1. The van der Waals surface area contributed by atoms with Crippen molar-refractivity contribution in [2.24, 2.45) is 5.73 Å². The number of carbonyl (C=O) groups is 1. The fourth-order valence-corrected chi connectivity index (χ4v) is 4.86. The summed E-state index contributed by atoms with van der Waals surface area (Å²) in [5, 5.41) is 3.15. The molecule has 0 aromatic heterocycles. The second-order valence-electron chi connectivity index (χ2n) is 7.30. The van der Waals surface area contributed by atoms with Gasteiger partial charge in [0, 0.05) is 25.7 Å². The number of carbonyl (C=O) groups excluding carboxylic acids is 1. The molecule has 0 bridgehead atoms. The van der Waals surface area contributed by atoms with Gasteiger partial charge >= 0.3 is 0 Å². The molecular weight excluding hydrogens is 398 g/mol. The van der Waals surface area contributed by atoms with Crippen molar-refractivity contribution in [2.45, 2.75) is 57.4 Å². The van der Waals surface area contributed by atoms with E-state index in [4.69, 9.17) is 5.73 Å². The number of nitrogens with two attached hydrogens (primary N) is 1. The van der Waals surface area contributed by atoms with Crippen LogP contribution >= 0.6 is 12.4 Å². The molecule has 6 nitrogen and oxygen atoms in total. The quantitative estimate of drug-likeness (QED) is 0.628. The number of rotatable bonds is 9. The zero-order valence-corrected chi connectivity index (χ0v) is 18.5. The zero-order valence-electron chi connectivity index (χ0n) is 16.9. The highest BCUT2D eigenvalue weighted by molar-refractivity contribution is 7.89. The molecule has 1 aliphatic heterocycles. The highest BCUT2D eigenvalue weighted by Gasteiger charge is 2.45. The third-order valence-corrected chi connectivity index (χ3v) is 7.50. The molecule has 8 heteroatoms. The Hall–Kier alpha value is -1.15. The largest absolute Gasteiger partial charge is 0.351 e. The zero-order chi connectivity index (χ0) is 19.9. The van der Waals surface area contributed by atoms with Crippen LogP contribution in [0, 0.1) is 0 Å². The first-order valence-corrected chi connectivity index (χ1v) is 11.5. The van der Waals surface area contributed by atoms with Gasteiger partial charge in [0.15, 0.2) is 0 Å². The van der Waals surface area contributed by atoms with Crippen LogP contribution in [0.15, 0.2) is 30.3 Å². The maximum Gasteiger partial charge on any atom is 0.231 e. The number of nitrogens with zero attached hydrogens (tertiary/aromatic N) is 1. The lowest BCUT2D eigenvalue weighted by atomic mass is 9.72. The van der Waals surface area contributed by atoms with E-state index < -0.39 is 15.4 Å². The average molecular weight is 432 g/mol. The van der Waals surface area contributed by atoms with Gasteiger partial charge in [0.05, 0.1) is 11.2 Å². The van der Waals surface area contributed by atoms with E-state index >= 15 is 0 Å². The highest BCUT2D eigenvalue weighted by Crippen LogP contribution is 2.37. The Labute approximate surface area is 175 Å². The molecule has 0 saturated carbocycles. The number of sulfonamides is 1. The molecule has 1 fully saturated rings. The van der Waals surface area contributed by atoms with Gasteiger partial charge < -0.3 is 11.1 Å². The van der Waals surface area contributed by atoms with Crippen molar-refractivity contribution < 1.29 is 13.2 Å². The smallest absolute Gasteiger partial charge is 0.231 e. The summed E-state index contributed by atoms with van der Waals surface area (Å²) in [5.74, 6) is 0.0536. The molecule has 0 radical (unpaired) electrons. The first-order valence-electron chi connectivity index (χ1n) is 9.94. The minimum absolute atomic E-state index is 0. The molecule has 1 atom stereocenters. The maximum absolute atomic E-state index is 13.3. The van der Waals surface area contributed by atoms with Crippen molar-refractivity contribution >= 4 is 28.3 Å². The summed E-state index contributed by atoms with van der Waals surface area (Å²) in [6.07, 6.45) is 3.89. The number of benzene rings is 1. The Morgan fingerprint density at radius 1 is 1.21 bits per heavy atom. The first-order chi connectivity index (χ1) is 12.9. The Balaban J connectivity index is 0.00000392. The summed E-state index contributed by atoms with van der Waals surface area (Å²) in [4.78, 5) is 13.3. The number of halogens is 1. The second-order valence-corrected chi connectivity index (χ2v) is 9.55. The molecule has 1 aromatic carbocycles. The van der Waals surface area contributed by atoms with Gasteiger partial charge in [-0.3, -0.25) is 4.79 Å². The van der Waals surface area contributed by atoms with Crippen LogP contribution in [0.4, 0.5) is 0 Å². The van der Waals surface area contributed by atoms with Crippen molar-refractivity contribution in [1.29, 1.82) is 0 Å². The predicted octanol–water partition coefficient (Wildman–Crippen LogP) is 2.43. The normalized spacial score (nSPS) is 18.1. The van der Waals surface area contributed by atoms with Crippen molar-refractivity contribution in [3.8, 4) is 0 Å². The SMILES string of the molecule is CCCCC(CN)NC(=O)C1(c2ccccc2)CCN(S(=O)(=O)CC)CC1.Cl. The number of piperidine rings is 1. The molecule has 1 amide bonds. The first kappa shape index (κ1) is 24.9. The number of hydrogen-bond donors (Lipinski definition) is 2. The molecule has 28 heavy (non-hydrogen) atoms. The van der Waals surface area contributed by atoms with Gasteiger partial charge in [-0.2, -0.15) is 0 Å². The Bertz CT molecular complexity index is 705. The molecule has 0 spiro atoms. The molecule has 0 aliphatic carbocycles. The van der Waals surface area contributed by atoms with Gasteiger partial charge in [0.1, 0.15) is 0 Å². The van der Waals surface area contributed by atoms with E-state index in [2.05, 4.69) is 12.2 Å². The molecule has 1 aliphatic rings. The minimum Gasteiger partial charge on any atom is -0.351 e. The fourth-order valence-electron chi connectivity index (χ4n) is 3.76. The molecule has 1 saturated heterocycles. The van der Waals surface area contributed by atoms with Gasteiger partial charge in [-0.05, 0) is 31.7 Å². The van der Waals surface area contributed by atoms with Gasteiger partial charge in [0.2, 0.25) is 15.9 Å². The fraction of sp³-hybridized carbons (Fsp3) is 0.650. The summed E-state index contributed by atoms with van der Waals surface area (Å²) in [6, 6.07) is 9.67. The number of nitrogens with one attached hydrogen (secondary N) is 1. The highest BCUT2D eigenvalue weighted by atomic mass is 35.5. The van der Waals surface area contributed by atoms with Crippen LogP contribution in [0.1, 0.15) is 51.5 Å². The van der Waals surface area contributed by atoms with E-state index in [1.165, 1.54) is 4.31 Å². The van der Waals surface area contributed by atoms with E-state index in [1.54, 1.807) is 6.92 Å². The van der Waals surface area contributed by atoms with Crippen LogP contribution in [-0.2, 0) is 20.2 Å². The van der Waals surface area contributed by atoms with Crippen LogP contribution < -0.4 is 11.1 Å². The molecule has 2 rings (SSSR count). The summed E-state index contributed by atoms with van der Waals surface area (Å²) in [7, 11) is -3.24. The maximum atomic E-state index is 13.3. The lowest BCUT2D eigenvalue weighted by Crippen LogP contribution is -2.55. The lowest BCUT2D eigenvalue weighted by Gasteiger charge is -2.41. The molecule has 1 heterocycles. The van der Waals surface area contributed by atoms with E-state index in [9.17, 15) is 13.2 Å². The van der Waals surface area contributed by atoms with Crippen molar-refractivity contribution in [3.05, 3.63) is 35.9 Å². The summed E-state index contributed by atoms with van der Waals surface area (Å²) in [6.45, 7) is 4.90. The molecule has 160 valence electrons. The van der Waals surface area contributed by atoms with E-state index in [1.807, 2.05) is 30.3 Å². The van der Waals surface area contributed by atoms with Gasteiger partial charge in [-0.25, -0.2) is 12.7 Å². The molecule has 3 N–H and O–H groups in total. The van der Waals surface area contributed by atoms with Crippen molar-refractivity contribution in [1.82, 2.24) is 9.62 Å². The minimum atomic E-state index is -3.24. The Morgan fingerprint density at radius 2 is 1.82 bits per heavy atom. The Kier molecular flexibility index (Phi) is 9.90. The van der Waals surface area contributed by atoms with Crippen LogP contribution in [0.25, 0.3) is 0 Å². The van der Waals surface area contributed by atoms with E-state index in [0.717, 1.165) is 24.8 Å². The number of unbranched alkanes of at least 4 members (excludes halogenated alkanes) is 1. The van der Waals surface area contributed by atoms with Gasteiger partial charge in [-0.1, -0.05) is 50.1 Å². The van der Waals surface area contributed by atoms with Crippen LogP contribution in [0.3, 0.4) is 0 Å². The molecule has 1 unspecified atom stereocenters. The third kappa shape index (κ3) is 5.69. The number of amides is 1. The third-order valence-electron chi connectivity index (χ3n) is 5.62. The van der Waals surface area contributed by atoms with Crippen LogP contribution in [0.5, 0.6) is 0 Å². The van der Waals surface area contributed by atoms with E-state index in [0.29, 0.717) is 32.5 Å². The number of hydrogen-bond acceptors (Lipinski definition) is 4. The van der Waals surface area contributed by atoms with Crippen molar-refractivity contribution in [2.75, 3.05) is 25.4 Å². The standard InChI is InChI=1S/C20H33N3O3S.ClH/c1-3-5-11-18(16-21)22-19(24)20(17-9-7-6-8-10-17)12-14-23(15-13-20)27(25,26)4-2;/h6-10,18H,3-5,11-16,21H2,1-2H3,(H,22,24);1H. The Morgan fingerprint density at radius 3 is 2.32 bits per heavy atom. The average Bonchev–Trinajstić information content (AvgIpc) is 2.71. The van der Waals surface area contributed by atoms with Crippen LogP contribution in [0.2, 0.25) is 0 Å². The summed E-state index contributed by atoms with van der Waals surface area (Å²) >= 11 is 0. The van der Waals surface area contributed by atoms with Gasteiger partial charge in [0.25, 0.3) is 0 Å². The topological polar surface area (TPSA) is 92.5 Å². The lowest BCUT2D eigenvalue weighted by molar-refractivity contribution is -0.129. The summed E-state index contributed by atoms with van der Waals surface area (Å²) < 4.78 is 26.0. The molecular formula is C20H34ClN3O3S. The molecule has 1 aromatic rings. The van der Waals surface area contributed by atoms with E-state index in [-0.39, 0.29) is 30.1 Å². The predicted molar refractivity (Wildman–Crippen MR) is 116 cm³/mol. The monoisotopic (exact) mass is 431 g/mol. The van der Waals surface area contributed by atoms with Crippen molar-refractivity contribution in [3.63, 3.8) is 0 Å².